The van der Waals surface area contributed by atoms with E-state index in [1.807, 2.05) is 13.0 Å². The third-order valence-corrected chi connectivity index (χ3v) is 0.617. The first-order chi connectivity index (χ1) is 3.41. The summed E-state index contributed by atoms with van der Waals surface area (Å²) in [5.74, 6) is 0. The molecule has 0 N–H and O–H groups in total. The lowest BCUT2D eigenvalue weighted by molar-refractivity contribution is 0.311. The van der Waals surface area contributed by atoms with E-state index in [1.165, 1.54) is 0 Å². The molecule has 0 fully saturated rings. The average Bonchev–Trinajstić information content (AvgIpc) is 1.69. The summed E-state index contributed by atoms with van der Waals surface area (Å²) in [5, 5.41) is 0. The Labute approximate surface area is 48.9 Å². The molecule has 0 saturated heterocycles. The van der Waals surface area contributed by atoms with Crippen LogP contribution in [0.15, 0.2) is 12.3 Å². The summed E-state index contributed by atoms with van der Waals surface area (Å²) in [6.07, 6.45) is 4.51. The molecule has 42 valence electrons. The summed E-state index contributed by atoms with van der Waals surface area (Å²) >= 11 is 5.16. The fourth-order valence-electron chi connectivity index (χ4n) is 0.201. The van der Waals surface area contributed by atoms with Gasteiger partial charge in [-0.25, -0.2) is 0 Å². The standard InChI is InChI=1S/C5H9ClO/c1-2-3-4-7-5-6/h3-4H,2,5H2,1H3. The fraction of sp³-hybridized carbons (Fsp3) is 0.600. The van der Waals surface area contributed by atoms with Crippen LogP contribution in [0.1, 0.15) is 13.3 Å². The summed E-state index contributed by atoms with van der Waals surface area (Å²) < 4.78 is 4.66. The van der Waals surface area contributed by atoms with Crippen molar-refractivity contribution in [2.24, 2.45) is 0 Å². The minimum Gasteiger partial charge on any atom is -0.486 e. The molecular formula is C5H9ClO. The molecule has 0 rings (SSSR count). The highest BCUT2D eigenvalue weighted by atomic mass is 35.5. The molecule has 0 atom stereocenters. The van der Waals surface area contributed by atoms with Crippen molar-refractivity contribution in [2.75, 3.05) is 6.07 Å². The van der Waals surface area contributed by atoms with E-state index in [4.69, 9.17) is 11.6 Å². The van der Waals surface area contributed by atoms with Gasteiger partial charge in [0.1, 0.15) is 0 Å². The third kappa shape index (κ3) is 5.83. The summed E-state index contributed by atoms with van der Waals surface area (Å²) in [4.78, 5) is 0. The normalized spacial score (nSPS) is 10.0. The Morgan fingerprint density at radius 1 is 1.71 bits per heavy atom. The smallest absolute Gasteiger partial charge is 0.161 e. The maximum Gasteiger partial charge on any atom is 0.161 e. The van der Waals surface area contributed by atoms with E-state index in [1.54, 1.807) is 6.26 Å². The van der Waals surface area contributed by atoms with E-state index >= 15 is 0 Å². The molecule has 0 bridgehead atoms. The molecule has 0 aromatic heterocycles. The van der Waals surface area contributed by atoms with E-state index in [0.717, 1.165) is 6.42 Å². The lowest BCUT2D eigenvalue weighted by Crippen LogP contribution is -1.70. The van der Waals surface area contributed by atoms with E-state index in [-0.39, 0.29) is 6.07 Å². The molecule has 0 aliphatic carbocycles. The second-order valence-electron chi connectivity index (χ2n) is 1.06. The van der Waals surface area contributed by atoms with Crippen LogP contribution in [0.3, 0.4) is 0 Å². The van der Waals surface area contributed by atoms with Crippen molar-refractivity contribution in [1.82, 2.24) is 0 Å². The molecule has 0 aliphatic rings. The van der Waals surface area contributed by atoms with Crippen LogP contribution in [0.4, 0.5) is 0 Å². The van der Waals surface area contributed by atoms with Crippen LogP contribution in [0.2, 0.25) is 0 Å². The van der Waals surface area contributed by atoms with E-state index in [0.29, 0.717) is 0 Å². The Morgan fingerprint density at radius 2 is 2.43 bits per heavy atom. The molecular weight excluding hydrogens is 112 g/mol. The molecule has 2 heteroatoms. The molecule has 7 heavy (non-hydrogen) atoms. The topological polar surface area (TPSA) is 9.23 Å². The van der Waals surface area contributed by atoms with Crippen molar-refractivity contribution in [3.63, 3.8) is 0 Å². The summed E-state index contributed by atoms with van der Waals surface area (Å²) in [5.41, 5.74) is 0. The maximum absolute atomic E-state index is 5.16. The zero-order valence-corrected chi connectivity index (χ0v) is 5.11. The molecule has 1 nitrogen and oxygen atoms in total. The van der Waals surface area contributed by atoms with Crippen LogP contribution in [-0.4, -0.2) is 6.07 Å². The van der Waals surface area contributed by atoms with Crippen molar-refractivity contribution in [3.05, 3.63) is 12.3 Å². The van der Waals surface area contributed by atoms with Gasteiger partial charge in [0.25, 0.3) is 0 Å². The number of ether oxygens (including phenoxy) is 1. The van der Waals surface area contributed by atoms with Gasteiger partial charge in [0, 0.05) is 0 Å². The minimum absolute atomic E-state index is 0.247. The van der Waals surface area contributed by atoms with Gasteiger partial charge >= 0.3 is 0 Å². The molecule has 0 saturated carbocycles. The predicted octanol–water partition coefficient (Wildman–Crippen LogP) is 2.12. The average molecular weight is 121 g/mol. The van der Waals surface area contributed by atoms with Crippen molar-refractivity contribution >= 4 is 11.6 Å². The first kappa shape index (κ1) is 6.83. The third-order valence-electron chi connectivity index (χ3n) is 0.491. The fourth-order valence-corrected chi connectivity index (χ4v) is 0.273. The molecule has 0 aromatic carbocycles. The van der Waals surface area contributed by atoms with Crippen LogP contribution < -0.4 is 0 Å². The number of hydrogen-bond acceptors (Lipinski definition) is 1. The van der Waals surface area contributed by atoms with Crippen LogP contribution in [-0.2, 0) is 4.74 Å². The van der Waals surface area contributed by atoms with Gasteiger partial charge in [0.05, 0.1) is 6.26 Å². The first-order valence-corrected chi connectivity index (χ1v) is 2.77. The SMILES string of the molecule is CCC=COCCl. The number of allylic oxidation sites excluding steroid dienone is 1. The van der Waals surface area contributed by atoms with Gasteiger partial charge in [-0.3, -0.25) is 0 Å². The molecule has 0 unspecified atom stereocenters. The molecule has 0 spiro atoms. The Bertz CT molecular complexity index is 52.0. The number of halogens is 1. The Morgan fingerprint density at radius 3 is 2.86 bits per heavy atom. The van der Waals surface area contributed by atoms with E-state index in [2.05, 4.69) is 4.74 Å². The lowest BCUT2D eigenvalue weighted by Gasteiger charge is -1.86. The minimum atomic E-state index is 0.247. The molecule has 0 heterocycles. The summed E-state index contributed by atoms with van der Waals surface area (Å²) in [6.45, 7) is 2.04. The Balaban J connectivity index is 2.78. The highest BCUT2D eigenvalue weighted by Gasteiger charge is 1.66. The Hall–Kier alpha value is -0.170. The van der Waals surface area contributed by atoms with Crippen molar-refractivity contribution in [3.8, 4) is 0 Å². The highest BCUT2D eigenvalue weighted by molar-refractivity contribution is 6.17. The quantitative estimate of drug-likeness (QED) is 0.410. The molecule has 0 aromatic rings. The second kappa shape index (κ2) is 5.83. The summed E-state index contributed by atoms with van der Waals surface area (Å²) in [6, 6.07) is 0.247. The van der Waals surface area contributed by atoms with Gasteiger partial charge in [-0.2, -0.15) is 0 Å². The van der Waals surface area contributed by atoms with Gasteiger partial charge in [-0.15, -0.1) is 0 Å². The van der Waals surface area contributed by atoms with Gasteiger partial charge < -0.3 is 4.74 Å². The van der Waals surface area contributed by atoms with Crippen molar-refractivity contribution < 1.29 is 4.74 Å². The van der Waals surface area contributed by atoms with Crippen LogP contribution in [0.25, 0.3) is 0 Å². The zero-order chi connectivity index (χ0) is 5.54. The number of hydrogen-bond donors (Lipinski definition) is 0. The van der Waals surface area contributed by atoms with Crippen LogP contribution in [0, 0.1) is 0 Å². The van der Waals surface area contributed by atoms with Crippen molar-refractivity contribution in [1.29, 1.82) is 0 Å². The number of alkyl halides is 1. The van der Waals surface area contributed by atoms with E-state index < -0.39 is 0 Å². The van der Waals surface area contributed by atoms with Gasteiger partial charge in [0.15, 0.2) is 6.07 Å². The van der Waals surface area contributed by atoms with Gasteiger partial charge in [-0.1, -0.05) is 24.6 Å². The predicted molar refractivity (Wildman–Crippen MR) is 31.2 cm³/mol. The zero-order valence-electron chi connectivity index (χ0n) is 4.36. The second-order valence-corrected chi connectivity index (χ2v) is 1.27. The monoisotopic (exact) mass is 120 g/mol. The van der Waals surface area contributed by atoms with Gasteiger partial charge in [0.2, 0.25) is 0 Å². The molecule has 0 amide bonds. The van der Waals surface area contributed by atoms with Gasteiger partial charge in [-0.05, 0) is 6.42 Å². The van der Waals surface area contributed by atoms with Crippen molar-refractivity contribution in [2.45, 2.75) is 13.3 Å². The van der Waals surface area contributed by atoms with Crippen LogP contribution in [0.5, 0.6) is 0 Å². The lowest BCUT2D eigenvalue weighted by atomic mass is 10.5. The molecule has 0 aliphatic heterocycles. The Kier molecular flexibility index (Phi) is 5.69. The summed E-state index contributed by atoms with van der Waals surface area (Å²) in [7, 11) is 0. The maximum atomic E-state index is 5.16. The van der Waals surface area contributed by atoms with Crippen LogP contribution >= 0.6 is 11.6 Å². The van der Waals surface area contributed by atoms with E-state index in [9.17, 15) is 0 Å². The number of rotatable bonds is 3. The highest BCUT2D eigenvalue weighted by Crippen LogP contribution is 1.82. The molecule has 0 radical (unpaired) electrons. The largest absolute Gasteiger partial charge is 0.486 e. The first-order valence-electron chi connectivity index (χ1n) is 2.24.